The maximum absolute atomic E-state index is 10.3. The molecule has 3 aliphatic heterocycles. The van der Waals surface area contributed by atoms with Gasteiger partial charge < -0.3 is 20.6 Å². The van der Waals surface area contributed by atoms with Crippen molar-refractivity contribution in [2.75, 3.05) is 48.3 Å². The lowest BCUT2D eigenvalue weighted by atomic mass is 9.86. The molecule has 9 heteroatoms. The number of fused-ring (bicyclic) bond motifs is 1. The lowest BCUT2D eigenvalue weighted by Crippen LogP contribution is -2.35. The van der Waals surface area contributed by atoms with E-state index in [1.807, 2.05) is 30.3 Å². The first-order valence-corrected chi connectivity index (χ1v) is 13.6. The van der Waals surface area contributed by atoms with Crippen LogP contribution in [0.25, 0.3) is 11.3 Å². The number of aromatic hydroxyl groups is 1. The Kier molecular flexibility index (Phi) is 6.68. The number of phenols is 1. The molecule has 7 rings (SSSR count). The fourth-order valence-electron chi connectivity index (χ4n) is 5.95. The summed E-state index contributed by atoms with van der Waals surface area (Å²) < 4.78 is 0. The van der Waals surface area contributed by atoms with Crippen LogP contribution in [0.1, 0.15) is 37.4 Å². The van der Waals surface area contributed by atoms with E-state index >= 15 is 0 Å². The summed E-state index contributed by atoms with van der Waals surface area (Å²) in [7, 11) is 0. The smallest absolute Gasteiger partial charge is 0.169 e. The van der Waals surface area contributed by atoms with E-state index < -0.39 is 0 Å². The summed E-state index contributed by atoms with van der Waals surface area (Å²) in [5.74, 6) is 8.67. The third-order valence-electron chi connectivity index (χ3n) is 8.29. The van der Waals surface area contributed by atoms with Crippen molar-refractivity contribution in [2.24, 2.45) is 5.92 Å². The molecule has 3 saturated heterocycles. The molecule has 39 heavy (non-hydrogen) atoms. The number of nitrogens with two attached hydrogens (primary N) is 1. The first kappa shape index (κ1) is 25.0. The van der Waals surface area contributed by atoms with Gasteiger partial charge in [-0.1, -0.05) is 18.1 Å². The minimum absolute atomic E-state index is 0.154. The summed E-state index contributed by atoms with van der Waals surface area (Å²) in [5.41, 5.74) is 9.32. The van der Waals surface area contributed by atoms with Crippen molar-refractivity contribution < 1.29 is 5.11 Å². The Balaban J connectivity index is 1.21. The van der Waals surface area contributed by atoms with Crippen LogP contribution in [0.5, 0.6) is 5.75 Å². The molecule has 198 valence electrons. The number of benzene rings is 1. The van der Waals surface area contributed by atoms with Gasteiger partial charge in [-0.15, -0.1) is 10.2 Å². The molecule has 1 atom stereocenters. The van der Waals surface area contributed by atoms with Crippen LogP contribution in [0.2, 0.25) is 0 Å². The molecule has 0 unspecified atom stereocenters. The number of aromatic nitrogens is 3. The first-order chi connectivity index (χ1) is 19.0. The predicted molar refractivity (Wildman–Crippen MR) is 151 cm³/mol. The molecule has 2 aromatic heterocycles. The molecule has 5 heterocycles. The van der Waals surface area contributed by atoms with E-state index in [0.717, 1.165) is 50.0 Å². The Hall–Kier alpha value is -4.34. The number of para-hydroxylation sites is 1. The van der Waals surface area contributed by atoms with E-state index in [4.69, 9.17) is 10.7 Å². The standard InChI is InChI=1S/C30H32N8O/c1-20-10-12-36(27-17-26(34-35-30(27)32)24-5-2-3-7-28(24)39)13-14-38(20)29-9-8-22(18-31)25(33-29)6-4-11-37-19-21-15-23(37)16-21/h2-3,5,7-9,17,20-21,23,39H,10-16,19H2,1H3,(H2,32,35)/t20-,21?,23?/m1/s1. The van der Waals surface area contributed by atoms with Crippen LogP contribution in [0.15, 0.2) is 42.5 Å². The summed E-state index contributed by atoms with van der Waals surface area (Å²) in [4.78, 5) is 11.8. The zero-order valence-corrected chi connectivity index (χ0v) is 22.1. The molecule has 4 fully saturated rings. The van der Waals surface area contributed by atoms with Crippen LogP contribution in [-0.2, 0) is 0 Å². The number of hydrogen-bond donors (Lipinski definition) is 2. The topological polar surface area (TPSA) is 118 Å². The minimum atomic E-state index is 0.154. The Morgan fingerprint density at radius 3 is 2.72 bits per heavy atom. The molecule has 1 saturated carbocycles. The molecule has 0 radical (unpaired) electrons. The summed E-state index contributed by atoms with van der Waals surface area (Å²) >= 11 is 0. The molecule has 0 amide bonds. The number of phenolic OH excluding ortho intramolecular Hbond substituents is 1. The predicted octanol–water partition coefficient (Wildman–Crippen LogP) is 3.25. The highest BCUT2D eigenvalue weighted by molar-refractivity contribution is 5.74. The van der Waals surface area contributed by atoms with Gasteiger partial charge in [-0.3, -0.25) is 4.90 Å². The zero-order valence-electron chi connectivity index (χ0n) is 22.1. The average Bonchev–Trinajstić information content (AvgIpc) is 3.46. The van der Waals surface area contributed by atoms with Gasteiger partial charge in [-0.25, -0.2) is 4.98 Å². The summed E-state index contributed by atoms with van der Waals surface area (Å²) in [6.45, 7) is 6.28. The van der Waals surface area contributed by atoms with Crippen LogP contribution in [0, 0.1) is 29.1 Å². The van der Waals surface area contributed by atoms with Crippen molar-refractivity contribution in [3.05, 3.63) is 53.7 Å². The number of hydrogen-bond acceptors (Lipinski definition) is 9. The Morgan fingerprint density at radius 2 is 1.95 bits per heavy atom. The van der Waals surface area contributed by atoms with Gasteiger partial charge in [0.15, 0.2) is 5.82 Å². The summed E-state index contributed by atoms with van der Waals surface area (Å²) in [5, 5.41) is 28.4. The number of nitriles is 1. The Bertz CT molecular complexity index is 1480. The summed E-state index contributed by atoms with van der Waals surface area (Å²) in [6, 6.07) is 15.9. The third kappa shape index (κ3) is 4.94. The first-order valence-electron chi connectivity index (χ1n) is 13.6. The van der Waals surface area contributed by atoms with Gasteiger partial charge >= 0.3 is 0 Å². The number of pyridine rings is 1. The quantitative estimate of drug-likeness (QED) is 0.500. The molecule has 3 aromatic rings. The van der Waals surface area contributed by atoms with Crippen LogP contribution < -0.4 is 15.5 Å². The number of nitrogen functional groups attached to an aromatic ring is 1. The minimum Gasteiger partial charge on any atom is -0.507 e. The van der Waals surface area contributed by atoms with E-state index in [9.17, 15) is 10.4 Å². The molecule has 1 aromatic carbocycles. The van der Waals surface area contributed by atoms with Gasteiger partial charge in [0.25, 0.3) is 0 Å². The monoisotopic (exact) mass is 520 g/mol. The van der Waals surface area contributed by atoms with Crippen LogP contribution in [-0.4, -0.2) is 70.0 Å². The normalized spacial score (nSPS) is 22.4. The largest absolute Gasteiger partial charge is 0.507 e. The highest BCUT2D eigenvalue weighted by Crippen LogP contribution is 2.40. The van der Waals surface area contributed by atoms with E-state index in [1.54, 1.807) is 12.1 Å². The second kappa shape index (κ2) is 10.4. The van der Waals surface area contributed by atoms with Crippen molar-refractivity contribution in [1.29, 1.82) is 5.26 Å². The lowest BCUT2D eigenvalue weighted by Gasteiger charge is -2.28. The van der Waals surface area contributed by atoms with Gasteiger partial charge in [-0.05, 0) is 68.4 Å². The fraction of sp³-hybridized carbons (Fsp3) is 0.400. The zero-order chi connectivity index (χ0) is 26.9. The molecule has 2 bridgehead atoms. The van der Waals surface area contributed by atoms with Crippen molar-refractivity contribution >= 4 is 17.3 Å². The van der Waals surface area contributed by atoms with Gasteiger partial charge in [0.1, 0.15) is 23.3 Å². The lowest BCUT2D eigenvalue weighted by molar-refractivity contribution is 0.268. The van der Waals surface area contributed by atoms with Crippen LogP contribution in [0.3, 0.4) is 0 Å². The van der Waals surface area contributed by atoms with Gasteiger partial charge in [0.2, 0.25) is 0 Å². The number of anilines is 3. The van der Waals surface area contributed by atoms with Crippen LogP contribution in [0.4, 0.5) is 17.3 Å². The molecule has 3 N–H and O–H groups in total. The average molecular weight is 521 g/mol. The second-order valence-corrected chi connectivity index (χ2v) is 10.7. The van der Waals surface area contributed by atoms with Crippen molar-refractivity contribution in [1.82, 2.24) is 20.1 Å². The molecule has 1 aliphatic carbocycles. The molecule has 4 aliphatic rings. The third-order valence-corrected chi connectivity index (χ3v) is 8.29. The Labute approximate surface area is 228 Å². The maximum atomic E-state index is 10.3. The van der Waals surface area contributed by atoms with Gasteiger partial charge in [0, 0.05) is 43.8 Å². The van der Waals surface area contributed by atoms with E-state index in [1.165, 1.54) is 12.8 Å². The van der Waals surface area contributed by atoms with E-state index in [2.05, 4.69) is 49.7 Å². The SMILES string of the molecule is C[C@@H]1CCN(c2cc(-c3ccccc3O)nnc2N)CCN1c1ccc(C#N)c(C#CCN2CC3CC2C3)n1. The number of rotatable bonds is 4. The second-order valence-electron chi connectivity index (χ2n) is 10.7. The maximum Gasteiger partial charge on any atom is 0.169 e. The number of nitrogens with zero attached hydrogens (tertiary/aromatic N) is 7. The highest BCUT2D eigenvalue weighted by Gasteiger charge is 2.41. The summed E-state index contributed by atoms with van der Waals surface area (Å²) in [6.07, 6.45) is 3.49. The van der Waals surface area contributed by atoms with Crippen LogP contribution >= 0.6 is 0 Å². The fourth-order valence-corrected chi connectivity index (χ4v) is 5.95. The van der Waals surface area contributed by atoms with Gasteiger partial charge in [0.05, 0.1) is 23.5 Å². The molecular formula is C30H32N8O. The van der Waals surface area contributed by atoms with Crippen molar-refractivity contribution in [2.45, 2.75) is 38.3 Å². The highest BCUT2D eigenvalue weighted by atomic mass is 16.3. The van der Waals surface area contributed by atoms with Gasteiger partial charge in [-0.2, -0.15) is 5.26 Å². The van der Waals surface area contributed by atoms with Crippen molar-refractivity contribution in [3.63, 3.8) is 0 Å². The Morgan fingerprint density at radius 1 is 1.10 bits per heavy atom. The molecular weight excluding hydrogens is 488 g/mol. The molecule has 9 nitrogen and oxygen atoms in total. The van der Waals surface area contributed by atoms with E-state index in [0.29, 0.717) is 40.9 Å². The van der Waals surface area contributed by atoms with Crippen molar-refractivity contribution in [3.8, 4) is 34.9 Å². The van der Waals surface area contributed by atoms with E-state index in [-0.39, 0.29) is 11.8 Å². The molecule has 0 spiro atoms.